The average Bonchev–Trinajstić information content (AvgIpc) is 2.68. The Morgan fingerprint density at radius 3 is 2.32 bits per heavy atom. The van der Waals surface area contributed by atoms with E-state index in [1.165, 1.54) is 11.9 Å². The van der Waals surface area contributed by atoms with Gasteiger partial charge in [-0.1, -0.05) is 0 Å². The molecule has 2 aromatic carbocycles. The fourth-order valence-electron chi connectivity index (χ4n) is 1.96. The Kier molecular flexibility index (Phi) is 5.24. The lowest BCUT2D eigenvalue weighted by atomic mass is 10.1. The summed E-state index contributed by atoms with van der Waals surface area (Å²) in [7, 11) is 0. The van der Waals surface area contributed by atoms with E-state index in [4.69, 9.17) is 5.26 Å². The minimum absolute atomic E-state index is 0.222. The van der Waals surface area contributed by atoms with Gasteiger partial charge >= 0.3 is 0 Å². The highest BCUT2D eigenvalue weighted by atomic mass is 32.2. The van der Waals surface area contributed by atoms with Crippen LogP contribution in [0, 0.1) is 11.3 Å². The molecule has 1 heterocycles. The molecule has 0 radical (unpaired) electrons. The van der Waals surface area contributed by atoms with E-state index >= 15 is 0 Å². The van der Waals surface area contributed by atoms with Crippen LogP contribution in [0.25, 0.3) is 0 Å². The molecular formula is C18H13N5OS. The fraction of sp³-hybridized carbons (Fsp3) is 0. The predicted octanol–water partition coefficient (Wildman–Crippen LogP) is 3.72. The molecule has 1 amide bonds. The number of nitrogens with zero attached hydrogens (tertiary/aromatic N) is 3. The van der Waals surface area contributed by atoms with E-state index in [2.05, 4.69) is 20.0 Å². The van der Waals surface area contributed by atoms with Crippen molar-refractivity contribution in [1.29, 1.82) is 5.26 Å². The number of carbonyl (C=O) groups is 1. The third-order valence-electron chi connectivity index (χ3n) is 3.21. The van der Waals surface area contributed by atoms with Gasteiger partial charge in [0.1, 0.15) is 0 Å². The summed E-state index contributed by atoms with van der Waals surface area (Å²) in [6.07, 6.45) is 3.33. The van der Waals surface area contributed by atoms with Crippen LogP contribution in [0.1, 0.15) is 15.9 Å². The van der Waals surface area contributed by atoms with Crippen molar-refractivity contribution < 1.29 is 4.79 Å². The van der Waals surface area contributed by atoms with Crippen LogP contribution in [0.15, 0.2) is 71.9 Å². The molecule has 3 rings (SSSR count). The van der Waals surface area contributed by atoms with Gasteiger partial charge in [0, 0.05) is 28.5 Å². The molecule has 0 aliphatic carbocycles. The molecule has 6 nitrogen and oxygen atoms in total. The highest BCUT2D eigenvalue weighted by molar-refractivity contribution is 8.00. The van der Waals surface area contributed by atoms with Crippen LogP contribution in [0.5, 0.6) is 0 Å². The zero-order valence-corrected chi connectivity index (χ0v) is 13.8. The van der Waals surface area contributed by atoms with E-state index in [0.717, 1.165) is 4.90 Å². The van der Waals surface area contributed by atoms with Crippen LogP contribution < -0.4 is 10.0 Å². The van der Waals surface area contributed by atoms with Gasteiger partial charge in [-0.3, -0.25) is 9.52 Å². The Bertz CT molecular complexity index is 890. The van der Waals surface area contributed by atoms with E-state index in [1.807, 2.05) is 30.3 Å². The lowest BCUT2D eigenvalue weighted by molar-refractivity contribution is 0.102. The molecule has 0 saturated heterocycles. The van der Waals surface area contributed by atoms with Gasteiger partial charge in [0.2, 0.25) is 5.95 Å². The second kappa shape index (κ2) is 7.95. The van der Waals surface area contributed by atoms with Gasteiger partial charge in [0.05, 0.1) is 11.6 Å². The van der Waals surface area contributed by atoms with Gasteiger partial charge < -0.3 is 5.32 Å². The van der Waals surface area contributed by atoms with Crippen molar-refractivity contribution in [3.8, 4) is 6.07 Å². The number of benzene rings is 2. The summed E-state index contributed by atoms with van der Waals surface area (Å²) in [6, 6.07) is 17.7. The van der Waals surface area contributed by atoms with Crippen molar-refractivity contribution in [2.24, 2.45) is 0 Å². The molecule has 0 aliphatic rings. The Hall–Kier alpha value is -3.37. The van der Waals surface area contributed by atoms with Crippen LogP contribution >= 0.6 is 11.9 Å². The molecule has 0 aliphatic heterocycles. The number of amides is 1. The van der Waals surface area contributed by atoms with Crippen LogP contribution in [0.4, 0.5) is 11.6 Å². The summed E-state index contributed by atoms with van der Waals surface area (Å²) in [5.74, 6) is 0.311. The van der Waals surface area contributed by atoms with Gasteiger partial charge in [-0.15, -0.1) is 0 Å². The molecule has 0 fully saturated rings. The van der Waals surface area contributed by atoms with Crippen LogP contribution in [0.3, 0.4) is 0 Å². The number of carbonyl (C=O) groups excluding carboxylic acids is 1. The lowest BCUT2D eigenvalue weighted by Gasteiger charge is -2.07. The number of hydrogen-bond donors (Lipinski definition) is 2. The maximum Gasteiger partial charge on any atom is 0.255 e. The topological polar surface area (TPSA) is 90.7 Å². The standard InChI is InChI=1S/C18H13N5OS/c19-12-13-2-4-14(5-3-13)17(24)22-15-6-8-16(9-7-15)25-23-18-20-10-1-11-21-18/h1-11H,(H,22,24)(H,20,21,23). The van der Waals surface area contributed by atoms with Crippen LogP contribution in [-0.4, -0.2) is 15.9 Å². The highest BCUT2D eigenvalue weighted by Gasteiger charge is 2.06. The van der Waals surface area contributed by atoms with Crippen molar-refractivity contribution in [1.82, 2.24) is 9.97 Å². The molecule has 1 aromatic heterocycles. The van der Waals surface area contributed by atoms with Crippen molar-refractivity contribution >= 4 is 29.5 Å². The molecule has 0 spiro atoms. The van der Waals surface area contributed by atoms with Gasteiger partial charge in [-0.25, -0.2) is 9.97 Å². The van der Waals surface area contributed by atoms with Crippen LogP contribution in [0.2, 0.25) is 0 Å². The highest BCUT2D eigenvalue weighted by Crippen LogP contribution is 2.21. The Balaban J connectivity index is 1.58. The Labute approximate surface area is 149 Å². The molecule has 122 valence electrons. The molecule has 25 heavy (non-hydrogen) atoms. The van der Waals surface area contributed by atoms with E-state index in [9.17, 15) is 4.79 Å². The van der Waals surface area contributed by atoms with E-state index < -0.39 is 0 Å². The maximum absolute atomic E-state index is 12.2. The zero-order chi connectivity index (χ0) is 17.5. The number of hydrogen-bond acceptors (Lipinski definition) is 6. The van der Waals surface area contributed by atoms with Gasteiger partial charge in [0.15, 0.2) is 0 Å². The lowest BCUT2D eigenvalue weighted by Crippen LogP contribution is -2.11. The minimum Gasteiger partial charge on any atom is -0.322 e. The number of nitrogens with one attached hydrogen (secondary N) is 2. The third-order valence-corrected chi connectivity index (χ3v) is 4.01. The summed E-state index contributed by atoms with van der Waals surface area (Å²) in [5.41, 5.74) is 1.71. The molecule has 0 bridgehead atoms. The van der Waals surface area contributed by atoms with Crippen molar-refractivity contribution in [2.45, 2.75) is 4.90 Å². The second-order valence-corrected chi connectivity index (χ2v) is 5.82. The Morgan fingerprint density at radius 2 is 1.68 bits per heavy atom. The smallest absolute Gasteiger partial charge is 0.255 e. The summed E-state index contributed by atoms with van der Waals surface area (Å²) in [5, 5.41) is 11.6. The first-order valence-corrected chi connectivity index (χ1v) is 8.18. The predicted molar refractivity (Wildman–Crippen MR) is 97.1 cm³/mol. The number of rotatable bonds is 5. The van der Waals surface area contributed by atoms with Gasteiger partial charge in [-0.05, 0) is 66.5 Å². The molecule has 7 heteroatoms. The second-order valence-electron chi connectivity index (χ2n) is 4.94. The van der Waals surface area contributed by atoms with Crippen molar-refractivity contribution in [3.63, 3.8) is 0 Å². The van der Waals surface area contributed by atoms with Gasteiger partial charge in [-0.2, -0.15) is 5.26 Å². The SMILES string of the molecule is N#Cc1ccc(C(=O)Nc2ccc(SNc3ncccn3)cc2)cc1. The summed E-state index contributed by atoms with van der Waals surface area (Å²) in [6.45, 7) is 0. The zero-order valence-electron chi connectivity index (χ0n) is 13.0. The van der Waals surface area contributed by atoms with E-state index in [-0.39, 0.29) is 5.91 Å². The molecular weight excluding hydrogens is 334 g/mol. The monoisotopic (exact) mass is 347 g/mol. The fourth-order valence-corrected chi connectivity index (χ4v) is 2.55. The van der Waals surface area contributed by atoms with Gasteiger partial charge in [0.25, 0.3) is 5.91 Å². The van der Waals surface area contributed by atoms with E-state index in [1.54, 1.807) is 42.7 Å². The molecule has 0 unspecified atom stereocenters. The molecule has 3 aromatic rings. The maximum atomic E-state index is 12.2. The first-order chi connectivity index (χ1) is 12.2. The first-order valence-electron chi connectivity index (χ1n) is 7.36. The largest absolute Gasteiger partial charge is 0.322 e. The van der Waals surface area contributed by atoms with Crippen molar-refractivity contribution in [2.75, 3.05) is 10.0 Å². The summed E-state index contributed by atoms with van der Waals surface area (Å²) < 4.78 is 3.04. The molecule has 0 saturated carbocycles. The quantitative estimate of drug-likeness (QED) is 0.684. The minimum atomic E-state index is -0.222. The summed E-state index contributed by atoms with van der Waals surface area (Å²) >= 11 is 1.38. The molecule has 0 atom stereocenters. The normalized spacial score (nSPS) is 9.88. The van der Waals surface area contributed by atoms with Crippen molar-refractivity contribution in [3.05, 3.63) is 78.1 Å². The average molecular weight is 347 g/mol. The number of aromatic nitrogens is 2. The van der Waals surface area contributed by atoms with Crippen LogP contribution in [-0.2, 0) is 0 Å². The first kappa shape index (κ1) is 16.5. The number of nitriles is 1. The molecule has 2 N–H and O–H groups in total. The third kappa shape index (κ3) is 4.56. The number of anilines is 2. The Morgan fingerprint density at radius 1 is 1.00 bits per heavy atom. The van der Waals surface area contributed by atoms with E-state index in [0.29, 0.717) is 22.8 Å². The summed E-state index contributed by atoms with van der Waals surface area (Å²) in [4.78, 5) is 21.3.